The summed E-state index contributed by atoms with van der Waals surface area (Å²) >= 11 is 1.24. The summed E-state index contributed by atoms with van der Waals surface area (Å²) < 4.78 is 5.83. The van der Waals surface area contributed by atoms with Crippen LogP contribution >= 0.6 is 11.8 Å². The van der Waals surface area contributed by atoms with Gasteiger partial charge in [-0.15, -0.1) is 5.10 Å². The molecule has 0 radical (unpaired) electrons. The number of ketones is 1. The Balaban J connectivity index is 1.42. The van der Waals surface area contributed by atoms with Gasteiger partial charge in [0.2, 0.25) is 11.8 Å². The molecule has 0 fully saturated rings. The molecule has 10 heteroatoms. The molecule has 33 heavy (non-hydrogen) atoms. The Bertz CT molecular complexity index is 1260. The Morgan fingerprint density at radius 3 is 2.70 bits per heavy atom. The Morgan fingerprint density at radius 2 is 1.94 bits per heavy atom. The molecule has 0 atom stereocenters. The number of benzene rings is 2. The number of hydrogen-bond acceptors (Lipinski definition) is 9. The number of thioether (sulfide) groups is 1. The van der Waals surface area contributed by atoms with Gasteiger partial charge >= 0.3 is 0 Å². The van der Waals surface area contributed by atoms with Crippen molar-refractivity contribution < 1.29 is 9.53 Å². The van der Waals surface area contributed by atoms with Gasteiger partial charge in [0, 0.05) is 23.7 Å². The summed E-state index contributed by atoms with van der Waals surface area (Å²) in [5.41, 5.74) is 8.79. The zero-order valence-electron chi connectivity index (χ0n) is 18.2. The van der Waals surface area contributed by atoms with Gasteiger partial charge in [-0.3, -0.25) is 9.89 Å². The second-order valence-electron chi connectivity index (χ2n) is 7.22. The van der Waals surface area contributed by atoms with Crippen molar-refractivity contribution in [1.82, 2.24) is 25.1 Å². The van der Waals surface area contributed by atoms with Crippen molar-refractivity contribution in [3.05, 3.63) is 60.2 Å². The van der Waals surface area contributed by atoms with Crippen LogP contribution in [0.2, 0.25) is 0 Å². The van der Waals surface area contributed by atoms with Gasteiger partial charge < -0.3 is 15.8 Å². The summed E-state index contributed by atoms with van der Waals surface area (Å²) in [6.45, 7) is 3.85. The number of Topliss-reactive ketones (excluding diaryl/α,β-unsaturated/α-hetero) is 1. The molecular formula is C23H23N7O2S. The van der Waals surface area contributed by atoms with Crippen LogP contribution in [0.25, 0.3) is 11.4 Å². The molecule has 4 rings (SSSR count). The number of aryl methyl sites for hydroxylation is 1. The fourth-order valence-corrected chi connectivity index (χ4v) is 3.70. The number of carbonyl (C=O) groups is 1. The first-order valence-electron chi connectivity index (χ1n) is 10.3. The van der Waals surface area contributed by atoms with Gasteiger partial charge in [0.05, 0.1) is 5.75 Å². The first kappa shape index (κ1) is 22.3. The van der Waals surface area contributed by atoms with Crippen LogP contribution in [0, 0.1) is 6.92 Å². The highest BCUT2D eigenvalue weighted by atomic mass is 32.2. The number of ether oxygens (including phenoxy) is 1. The molecule has 0 amide bonds. The van der Waals surface area contributed by atoms with Gasteiger partial charge in [0.1, 0.15) is 17.4 Å². The number of nitrogens with zero attached hydrogens (tertiary/aromatic N) is 4. The highest BCUT2D eigenvalue weighted by molar-refractivity contribution is 7.99. The average molecular weight is 462 g/mol. The minimum atomic E-state index is 0.119. The fraction of sp³-hybridized carbons (Fsp3) is 0.174. The number of aromatic nitrogens is 5. The van der Waals surface area contributed by atoms with E-state index in [1.165, 1.54) is 11.8 Å². The summed E-state index contributed by atoms with van der Waals surface area (Å²) in [6.07, 6.45) is 0.472. The molecule has 0 aliphatic rings. The second kappa shape index (κ2) is 10.1. The molecule has 9 nitrogen and oxygen atoms in total. The highest BCUT2D eigenvalue weighted by Gasteiger charge is 2.10. The molecule has 0 spiro atoms. The number of H-pyrrole nitrogens is 1. The lowest BCUT2D eigenvalue weighted by molar-refractivity contribution is -0.116. The Hall–Kier alpha value is -3.92. The molecule has 4 N–H and O–H groups in total. The zero-order valence-corrected chi connectivity index (χ0v) is 19.0. The third-order valence-electron chi connectivity index (χ3n) is 4.57. The standard InChI is InChI=1S/C23H23N7O2S/c1-3-17(31)13-33-23-26-19(24)12-20(27-23)32-18-9-7-15(8-10-18)21-28-22(30-29-21)25-16-6-4-5-14(2)11-16/h4-12H,3,13H2,1-2H3,(H2,24,26,27)(H2,25,28,29,30). The summed E-state index contributed by atoms with van der Waals surface area (Å²) in [4.78, 5) is 24.5. The third kappa shape index (κ3) is 6.07. The van der Waals surface area contributed by atoms with E-state index >= 15 is 0 Å². The number of aromatic amines is 1. The molecule has 0 aliphatic heterocycles. The van der Waals surface area contributed by atoms with Crippen LogP contribution < -0.4 is 15.8 Å². The number of nitrogens with one attached hydrogen (secondary N) is 2. The number of hydrogen-bond donors (Lipinski definition) is 3. The topological polar surface area (TPSA) is 132 Å². The lowest BCUT2D eigenvalue weighted by atomic mass is 10.2. The van der Waals surface area contributed by atoms with E-state index in [9.17, 15) is 4.79 Å². The molecule has 0 saturated carbocycles. The minimum absolute atomic E-state index is 0.119. The summed E-state index contributed by atoms with van der Waals surface area (Å²) in [6, 6.07) is 16.9. The summed E-state index contributed by atoms with van der Waals surface area (Å²) in [7, 11) is 0. The number of rotatable bonds is 9. The van der Waals surface area contributed by atoms with Gasteiger partial charge in [-0.05, 0) is 48.9 Å². The van der Waals surface area contributed by atoms with E-state index in [0.29, 0.717) is 40.7 Å². The van der Waals surface area contributed by atoms with Crippen molar-refractivity contribution in [3.8, 4) is 23.0 Å². The Labute approximate surface area is 195 Å². The number of anilines is 3. The number of nitrogen functional groups attached to an aromatic ring is 1. The first-order valence-corrected chi connectivity index (χ1v) is 11.3. The fourth-order valence-electron chi connectivity index (χ4n) is 2.89. The molecule has 4 aromatic rings. The first-order chi connectivity index (χ1) is 16.0. The smallest absolute Gasteiger partial charge is 0.246 e. The zero-order chi connectivity index (χ0) is 23.2. The Morgan fingerprint density at radius 1 is 1.12 bits per heavy atom. The summed E-state index contributed by atoms with van der Waals surface area (Å²) in [5, 5.41) is 10.7. The van der Waals surface area contributed by atoms with E-state index < -0.39 is 0 Å². The molecular weight excluding hydrogens is 438 g/mol. The summed E-state index contributed by atoms with van der Waals surface area (Å²) in [5.74, 6) is 2.70. The van der Waals surface area contributed by atoms with Crippen molar-refractivity contribution in [1.29, 1.82) is 0 Å². The van der Waals surface area contributed by atoms with E-state index in [1.54, 1.807) is 18.2 Å². The van der Waals surface area contributed by atoms with Crippen LogP contribution in [0.5, 0.6) is 11.6 Å². The van der Waals surface area contributed by atoms with Gasteiger partial charge in [-0.25, -0.2) is 4.98 Å². The SMILES string of the molecule is CCC(=O)CSc1nc(N)cc(Oc2ccc(-c3nc(Nc4cccc(C)c4)n[nH]3)cc2)n1. The largest absolute Gasteiger partial charge is 0.439 e. The maximum absolute atomic E-state index is 11.5. The van der Waals surface area contributed by atoms with Gasteiger partial charge in [0.25, 0.3) is 0 Å². The Kier molecular flexibility index (Phi) is 6.84. The maximum Gasteiger partial charge on any atom is 0.246 e. The van der Waals surface area contributed by atoms with E-state index in [4.69, 9.17) is 10.5 Å². The third-order valence-corrected chi connectivity index (χ3v) is 5.48. The van der Waals surface area contributed by atoms with Gasteiger partial charge in [-0.1, -0.05) is 30.8 Å². The predicted molar refractivity (Wildman–Crippen MR) is 129 cm³/mol. The number of carbonyl (C=O) groups excluding carboxylic acids is 1. The normalized spacial score (nSPS) is 10.7. The van der Waals surface area contributed by atoms with Crippen LogP contribution in [0.15, 0.2) is 59.8 Å². The molecule has 168 valence electrons. The van der Waals surface area contributed by atoms with E-state index in [2.05, 4.69) is 30.5 Å². The van der Waals surface area contributed by atoms with Crippen LogP contribution in [0.1, 0.15) is 18.9 Å². The van der Waals surface area contributed by atoms with Crippen LogP contribution in [-0.2, 0) is 4.79 Å². The lowest BCUT2D eigenvalue weighted by Crippen LogP contribution is -2.02. The molecule has 0 saturated heterocycles. The van der Waals surface area contributed by atoms with Crippen molar-refractivity contribution >= 4 is 35.0 Å². The van der Waals surface area contributed by atoms with Gasteiger partial charge in [-0.2, -0.15) is 9.97 Å². The molecule has 2 heterocycles. The highest BCUT2D eigenvalue weighted by Crippen LogP contribution is 2.26. The van der Waals surface area contributed by atoms with E-state index in [0.717, 1.165) is 16.8 Å². The predicted octanol–water partition coefficient (Wildman–Crippen LogP) is 4.76. The van der Waals surface area contributed by atoms with Crippen molar-refractivity contribution in [2.45, 2.75) is 25.4 Å². The van der Waals surface area contributed by atoms with Crippen molar-refractivity contribution in [2.24, 2.45) is 0 Å². The molecule has 2 aromatic carbocycles. The van der Waals surface area contributed by atoms with Crippen molar-refractivity contribution in [2.75, 3.05) is 16.8 Å². The van der Waals surface area contributed by atoms with Crippen LogP contribution in [0.3, 0.4) is 0 Å². The molecule has 0 unspecified atom stereocenters. The van der Waals surface area contributed by atoms with Crippen LogP contribution in [0.4, 0.5) is 17.5 Å². The second-order valence-corrected chi connectivity index (χ2v) is 8.17. The molecule has 0 bridgehead atoms. The van der Waals surface area contributed by atoms with Crippen molar-refractivity contribution in [3.63, 3.8) is 0 Å². The monoisotopic (exact) mass is 461 g/mol. The number of nitrogens with two attached hydrogens (primary N) is 1. The van der Waals surface area contributed by atoms with E-state index in [-0.39, 0.29) is 11.6 Å². The minimum Gasteiger partial charge on any atom is -0.439 e. The van der Waals surface area contributed by atoms with Crippen LogP contribution in [-0.4, -0.2) is 36.7 Å². The average Bonchev–Trinajstić information content (AvgIpc) is 3.26. The lowest BCUT2D eigenvalue weighted by Gasteiger charge is -2.07. The maximum atomic E-state index is 11.5. The quantitative estimate of drug-likeness (QED) is 0.238. The molecule has 2 aromatic heterocycles. The molecule has 0 aliphatic carbocycles. The van der Waals surface area contributed by atoms with E-state index in [1.807, 2.05) is 50.2 Å². The van der Waals surface area contributed by atoms with Gasteiger partial charge in [0.15, 0.2) is 11.0 Å².